The predicted octanol–water partition coefficient (Wildman–Crippen LogP) is 3.49. The Hall–Kier alpha value is -1.00. The van der Waals surface area contributed by atoms with Crippen molar-refractivity contribution in [2.75, 3.05) is 21.3 Å². The van der Waals surface area contributed by atoms with E-state index in [-0.39, 0.29) is 0 Å². The number of methoxy groups -OCH3 is 2. The van der Waals surface area contributed by atoms with Crippen molar-refractivity contribution in [2.24, 2.45) is 0 Å². The van der Waals surface area contributed by atoms with E-state index in [0.717, 1.165) is 24.3 Å². The molecule has 3 nitrogen and oxygen atoms in total. The molecule has 18 heavy (non-hydrogen) atoms. The molecule has 1 rings (SSSR count). The topological polar surface area (TPSA) is 27.7 Å². The summed E-state index contributed by atoms with van der Waals surface area (Å²) in [6.45, 7) is 4.50. The van der Waals surface area contributed by atoms with Crippen LogP contribution in [-0.4, -0.2) is 29.6 Å². The highest BCUT2D eigenvalue weighted by Crippen LogP contribution is 2.28. The summed E-state index contributed by atoms with van der Waals surface area (Å²) in [7, 11) is 3.72. The van der Waals surface area contributed by atoms with Gasteiger partial charge in [-0.15, -0.1) is 0 Å². The lowest BCUT2D eigenvalue weighted by Crippen LogP contribution is -2.28. The third-order valence-corrected chi connectivity index (χ3v) is 5.91. The molecule has 102 valence electrons. The van der Waals surface area contributed by atoms with Gasteiger partial charge in [-0.2, -0.15) is 0 Å². The van der Waals surface area contributed by atoms with Crippen molar-refractivity contribution in [2.45, 2.75) is 32.0 Å². The molecule has 1 aromatic carbocycles. The number of benzene rings is 1. The van der Waals surface area contributed by atoms with Crippen LogP contribution < -0.4 is 9.47 Å². The van der Waals surface area contributed by atoms with Crippen LogP contribution in [0.5, 0.6) is 11.5 Å². The lowest BCUT2D eigenvalue weighted by molar-refractivity contribution is 0.354. The average Bonchev–Trinajstić information content (AvgIpc) is 2.38. The second-order valence-corrected chi connectivity index (χ2v) is 9.43. The van der Waals surface area contributed by atoms with Gasteiger partial charge in [0.15, 0.2) is 19.8 Å². The lowest BCUT2D eigenvalue weighted by atomic mass is 10.1. The van der Waals surface area contributed by atoms with E-state index in [2.05, 4.69) is 25.2 Å². The number of rotatable bonds is 7. The Bertz CT molecular complexity index is 377. The summed E-state index contributed by atoms with van der Waals surface area (Å²) < 4.78 is 16.1. The molecule has 0 saturated carbocycles. The Balaban J connectivity index is 2.58. The molecule has 0 heterocycles. The summed E-state index contributed by atoms with van der Waals surface area (Å²) in [5.74, 6) is 1.59. The van der Waals surface area contributed by atoms with Crippen LogP contribution in [0.15, 0.2) is 18.2 Å². The molecule has 0 aliphatic carbocycles. The van der Waals surface area contributed by atoms with Gasteiger partial charge in [-0.1, -0.05) is 6.07 Å². The SMILES string of the molecule is COc1ccc(CCC[Si](C)(C)OC)cc1OC. The molecule has 0 unspecified atom stereocenters. The second kappa shape index (κ2) is 6.80. The Morgan fingerprint density at radius 3 is 2.22 bits per heavy atom. The quantitative estimate of drug-likeness (QED) is 0.709. The zero-order chi connectivity index (χ0) is 13.6. The second-order valence-electron chi connectivity index (χ2n) is 5.01. The van der Waals surface area contributed by atoms with E-state index in [4.69, 9.17) is 13.9 Å². The van der Waals surface area contributed by atoms with E-state index in [1.165, 1.54) is 11.6 Å². The van der Waals surface area contributed by atoms with Gasteiger partial charge in [-0.25, -0.2) is 0 Å². The smallest absolute Gasteiger partial charge is 0.186 e. The van der Waals surface area contributed by atoms with Crippen LogP contribution in [0.1, 0.15) is 12.0 Å². The molecule has 0 aliphatic heterocycles. The van der Waals surface area contributed by atoms with Gasteiger partial charge in [0.25, 0.3) is 0 Å². The lowest BCUT2D eigenvalue weighted by Gasteiger charge is -2.19. The molecular weight excluding hydrogens is 244 g/mol. The highest BCUT2D eigenvalue weighted by molar-refractivity contribution is 6.71. The van der Waals surface area contributed by atoms with Crippen molar-refractivity contribution >= 4 is 8.32 Å². The first kappa shape index (κ1) is 15.1. The van der Waals surface area contributed by atoms with Crippen LogP contribution in [0, 0.1) is 0 Å². The summed E-state index contributed by atoms with van der Waals surface area (Å²) in [5, 5.41) is 0. The minimum absolute atomic E-state index is 0.785. The van der Waals surface area contributed by atoms with E-state index in [1.54, 1.807) is 14.2 Å². The van der Waals surface area contributed by atoms with Gasteiger partial charge in [-0.05, 0) is 49.7 Å². The molecule has 0 atom stereocenters. The average molecular weight is 268 g/mol. The van der Waals surface area contributed by atoms with E-state index in [9.17, 15) is 0 Å². The Kier molecular flexibility index (Phi) is 5.69. The maximum atomic E-state index is 5.55. The molecule has 0 spiro atoms. The largest absolute Gasteiger partial charge is 0.493 e. The maximum Gasteiger partial charge on any atom is 0.186 e. The van der Waals surface area contributed by atoms with Crippen LogP contribution in [0.2, 0.25) is 19.1 Å². The molecule has 4 heteroatoms. The first-order valence-corrected chi connectivity index (χ1v) is 9.40. The molecule has 0 bridgehead atoms. The molecule has 0 N–H and O–H groups in total. The Labute approximate surface area is 111 Å². The van der Waals surface area contributed by atoms with Crippen LogP contribution in [0.3, 0.4) is 0 Å². The zero-order valence-corrected chi connectivity index (χ0v) is 13.1. The minimum atomic E-state index is -1.43. The van der Waals surface area contributed by atoms with Crippen molar-refractivity contribution in [3.63, 3.8) is 0 Å². The predicted molar refractivity (Wildman–Crippen MR) is 77.2 cm³/mol. The first-order chi connectivity index (χ1) is 8.52. The van der Waals surface area contributed by atoms with Gasteiger partial charge in [-0.3, -0.25) is 0 Å². The maximum absolute atomic E-state index is 5.55. The van der Waals surface area contributed by atoms with Crippen molar-refractivity contribution < 1.29 is 13.9 Å². The minimum Gasteiger partial charge on any atom is -0.493 e. The summed E-state index contributed by atoms with van der Waals surface area (Å²) in [5.41, 5.74) is 1.29. The highest BCUT2D eigenvalue weighted by atomic mass is 28.4. The number of hydrogen-bond acceptors (Lipinski definition) is 3. The van der Waals surface area contributed by atoms with Gasteiger partial charge in [0.1, 0.15) is 0 Å². The molecule has 0 aromatic heterocycles. The zero-order valence-electron chi connectivity index (χ0n) is 12.1. The normalized spacial score (nSPS) is 11.4. The summed E-state index contributed by atoms with van der Waals surface area (Å²) >= 11 is 0. The van der Waals surface area contributed by atoms with Crippen LogP contribution in [0.25, 0.3) is 0 Å². The number of aryl methyl sites for hydroxylation is 1. The van der Waals surface area contributed by atoms with Crippen molar-refractivity contribution in [3.05, 3.63) is 23.8 Å². The number of ether oxygens (including phenoxy) is 2. The van der Waals surface area contributed by atoms with Crippen LogP contribution in [0.4, 0.5) is 0 Å². The fourth-order valence-corrected chi connectivity index (χ4v) is 3.09. The van der Waals surface area contributed by atoms with Crippen molar-refractivity contribution in [3.8, 4) is 11.5 Å². The third kappa shape index (κ3) is 4.35. The third-order valence-electron chi connectivity index (χ3n) is 3.24. The fraction of sp³-hybridized carbons (Fsp3) is 0.571. The van der Waals surface area contributed by atoms with E-state index in [1.807, 2.05) is 13.2 Å². The summed E-state index contributed by atoms with van der Waals surface area (Å²) in [6, 6.07) is 7.30. The van der Waals surface area contributed by atoms with Gasteiger partial charge < -0.3 is 13.9 Å². The van der Waals surface area contributed by atoms with Gasteiger partial charge in [0.2, 0.25) is 0 Å². The van der Waals surface area contributed by atoms with Gasteiger partial charge >= 0.3 is 0 Å². The van der Waals surface area contributed by atoms with Gasteiger partial charge in [0.05, 0.1) is 14.2 Å². The Morgan fingerprint density at radius 1 is 1.00 bits per heavy atom. The van der Waals surface area contributed by atoms with Gasteiger partial charge in [0, 0.05) is 7.11 Å². The fourth-order valence-electron chi connectivity index (χ4n) is 1.86. The molecule has 1 aromatic rings. The monoisotopic (exact) mass is 268 g/mol. The molecular formula is C14H24O3Si. The van der Waals surface area contributed by atoms with E-state index in [0.29, 0.717) is 0 Å². The molecule has 0 fully saturated rings. The summed E-state index contributed by atoms with van der Waals surface area (Å²) in [6.07, 6.45) is 2.21. The van der Waals surface area contributed by atoms with E-state index < -0.39 is 8.32 Å². The summed E-state index contributed by atoms with van der Waals surface area (Å²) in [4.78, 5) is 0. The molecule has 0 radical (unpaired) electrons. The van der Waals surface area contributed by atoms with E-state index >= 15 is 0 Å². The van der Waals surface area contributed by atoms with Crippen LogP contribution >= 0.6 is 0 Å². The molecule has 0 saturated heterocycles. The Morgan fingerprint density at radius 2 is 1.67 bits per heavy atom. The first-order valence-electron chi connectivity index (χ1n) is 6.28. The molecule has 0 aliphatic rings. The van der Waals surface area contributed by atoms with Crippen LogP contribution in [-0.2, 0) is 10.8 Å². The molecule has 0 amide bonds. The standard InChI is InChI=1S/C14H24O3Si/c1-15-13-9-8-12(11-14(13)16-2)7-6-10-18(4,5)17-3/h8-9,11H,6-7,10H2,1-5H3. The number of hydrogen-bond donors (Lipinski definition) is 0. The van der Waals surface area contributed by atoms with Crippen molar-refractivity contribution in [1.29, 1.82) is 0 Å². The van der Waals surface area contributed by atoms with Crippen molar-refractivity contribution in [1.82, 2.24) is 0 Å². The highest BCUT2D eigenvalue weighted by Gasteiger charge is 2.19.